The first-order valence-electron chi connectivity index (χ1n) is 7.43. The van der Waals surface area contributed by atoms with Gasteiger partial charge >= 0.3 is 5.69 Å². The number of nitrogens with zero attached hydrogens (tertiary/aromatic N) is 2. The zero-order chi connectivity index (χ0) is 19.0. The van der Waals surface area contributed by atoms with Gasteiger partial charge < -0.3 is 14.6 Å². The summed E-state index contributed by atoms with van der Waals surface area (Å²) in [5.41, 5.74) is 0.477. The molecule has 1 N–H and O–H groups in total. The standard InChI is InChI=1S/C17H12N2O7/c1-9-6-12-13(8-20)15(21)16(26-17(12)14(7-9)19(24)25)10-2-4-11(5-3-10)18(22)23/h2-8,13,21H,1H3. The lowest BCUT2D eigenvalue weighted by Crippen LogP contribution is -2.17. The number of hydrogen-bond acceptors (Lipinski definition) is 7. The van der Waals surface area contributed by atoms with Crippen molar-refractivity contribution in [3.05, 3.63) is 79.1 Å². The van der Waals surface area contributed by atoms with Gasteiger partial charge in [-0.1, -0.05) is 6.07 Å². The summed E-state index contributed by atoms with van der Waals surface area (Å²) in [6.45, 7) is 1.63. The number of fused-ring (bicyclic) bond motifs is 1. The molecule has 1 atom stereocenters. The maximum Gasteiger partial charge on any atom is 0.312 e. The molecule has 0 aliphatic carbocycles. The molecule has 0 saturated carbocycles. The Labute approximate surface area is 146 Å². The molecule has 9 heteroatoms. The van der Waals surface area contributed by atoms with Gasteiger partial charge in [-0.05, 0) is 24.6 Å². The van der Waals surface area contributed by atoms with Crippen LogP contribution in [0.25, 0.3) is 5.76 Å². The van der Waals surface area contributed by atoms with Crippen molar-refractivity contribution >= 4 is 23.4 Å². The van der Waals surface area contributed by atoms with Gasteiger partial charge in [0.05, 0.1) is 9.85 Å². The largest absolute Gasteiger partial charge is 0.507 e. The normalized spacial score (nSPS) is 15.8. The summed E-state index contributed by atoms with van der Waals surface area (Å²) >= 11 is 0. The van der Waals surface area contributed by atoms with E-state index in [-0.39, 0.29) is 34.0 Å². The first-order chi connectivity index (χ1) is 12.3. The highest BCUT2D eigenvalue weighted by Crippen LogP contribution is 2.45. The summed E-state index contributed by atoms with van der Waals surface area (Å²) in [7, 11) is 0. The fraction of sp³-hybridized carbons (Fsp3) is 0.118. The number of aryl methyl sites for hydroxylation is 1. The molecule has 3 rings (SSSR count). The van der Waals surface area contributed by atoms with Crippen LogP contribution < -0.4 is 4.74 Å². The van der Waals surface area contributed by atoms with Crippen molar-refractivity contribution in [1.82, 2.24) is 0 Å². The van der Waals surface area contributed by atoms with Gasteiger partial charge in [0.15, 0.2) is 11.5 Å². The third kappa shape index (κ3) is 2.75. The Bertz CT molecular complexity index is 964. The first kappa shape index (κ1) is 17.1. The van der Waals surface area contributed by atoms with E-state index in [2.05, 4.69) is 0 Å². The molecule has 9 nitrogen and oxygen atoms in total. The number of carbonyl (C=O) groups excluding carboxylic acids is 1. The Morgan fingerprint density at radius 2 is 1.77 bits per heavy atom. The van der Waals surface area contributed by atoms with Gasteiger partial charge in [0.25, 0.3) is 5.69 Å². The summed E-state index contributed by atoms with van der Waals surface area (Å²) in [4.78, 5) is 32.4. The van der Waals surface area contributed by atoms with Crippen molar-refractivity contribution < 1.29 is 24.5 Å². The van der Waals surface area contributed by atoms with E-state index in [0.717, 1.165) is 0 Å². The number of aldehydes is 1. The van der Waals surface area contributed by atoms with Crippen LogP contribution in [0, 0.1) is 27.2 Å². The Morgan fingerprint density at radius 3 is 2.31 bits per heavy atom. The molecule has 0 radical (unpaired) electrons. The fourth-order valence-corrected chi connectivity index (χ4v) is 2.78. The van der Waals surface area contributed by atoms with E-state index >= 15 is 0 Å². The second-order valence-electron chi connectivity index (χ2n) is 5.69. The number of nitro groups is 2. The first-order valence-corrected chi connectivity index (χ1v) is 7.43. The molecule has 1 aliphatic rings. The highest BCUT2D eigenvalue weighted by molar-refractivity contribution is 5.81. The molecule has 0 bridgehead atoms. The summed E-state index contributed by atoms with van der Waals surface area (Å²) in [6.07, 6.45) is 0.464. The van der Waals surface area contributed by atoms with E-state index in [9.17, 15) is 30.1 Å². The third-order valence-electron chi connectivity index (χ3n) is 3.98. The number of allylic oxidation sites excluding steroid dienone is 1. The van der Waals surface area contributed by atoms with Gasteiger partial charge in [-0.25, -0.2) is 0 Å². The Balaban J connectivity index is 2.17. The maximum absolute atomic E-state index is 11.5. The molecule has 0 aromatic heterocycles. The van der Waals surface area contributed by atoms with Crippen LogP contribution in [0.2, 0.25) is 0 Å². The van der Waals surface area contributed by atoms with Crippen molar-refractivity contribution in [3.63, 3.8) is 0 Å². The molecule has 26 heavy (non-hydrogen) atoms. The van der Waals surface area contributed by atoms with E-state index in [0.29, 0.717) is 11.8 Å². The van der Waals surface area contributed by atoms with Crippen molar-refractivity contribution in [1.29, 1.82) is 0 Å². The lowest BCUT2D eigenvalue weighted by molar-refractivity contribution is -0.385. The van der Waals surface area contributed by atoms with Gasteiger partial charge in [-0.3, -0.25) is 20.2 Å². The van der Waals surface area contributed by atoms with Crippen LogP contribution in [0.5, 0.6) is 5.75 Å². The van der Waals surface area contributed by atoms with Crippen LogP contribution in [0.15, 0.2) is 42.2 Å². The summed E-state index contributed by atoms with van der Waals surface area (Å²) in [6, 6.07) is 7.90. The minimum atomic E-state index is -1.14. The van der Waals surface area contributed by atoms with Gasteiger partial charge in [-0.2, -0.15) is 0 Å². The predicted octanol–water partition coefficient (Wildman–Crippen LogP) is 3.41. The average molecular weight is 356 g/mol. The fourth-order valence-electron chi connectivity index (χ4n) is 2.78. The second kappa shape index (κ2) is 6.28. The molecular formula is C17H12N2O7. The molecule has 0 saturated heterocycles. The summed E-state index contributed by atoms with van der Waals surface area (Å²) < 4.78 is 5.57. The minimum Gasteiger partial charge on any atom is -0.507 e. The van der Waals surface area contributed by atoms with Crippen molar-refractivity contribution in [2.75, 3.05) is 0 Å². The van der Waals surface area contributed by atoms with Gasteiger partial charge in [0.1, 0.15) is 12.2 Å². The molecule has 2 aromatic rings. The van der Waals surface area contributed by atoms with Gasteiger partial charge in [0, 0.05) is 29.3 Å². The number of carbonyl (C=O) groups is 1. The lowest BCUT2D eigenvalue weighted by atomic mass is 9.91. The predicted molar refractivity (Wildman–Crippen MR) is 89.9 cm³/mol. The average Bonchev–Trinajstić information content (AvgIpc) is 2.60. The third-order valence-corrected chi connectivity index (χ3v) is 3.98. The van der Waals surface area contributed by atoms with Gasteiger partial charge in [-0.15, -0.1) is 0 Å². The van der Waals surface area contributed by atoms with Gasteiger partial charge in [0.2, 0.25) is 5.75 Å². The van der Waals surface area contributed by atoms with E-state index in [1.807, 2.05) is 0 Å². The second-order valence-corrected chi connectivity index (χ2v) is 5.69. The summed E-state index contributed by atoms with van der Waals surface area (Å²) in [5.74, 6) is -1.84. The van der Waals surface area contributed by atoms with Crippen LogP contribution in [0.4, 0.5) is 11.4 Å². The molecule has 1 heterocycles. The van der Waals surface area contributed by atoms with Crippen LogP contribution in [0.3, 0.4) is 0 Å². The number of hydrogen-bond donors (Lipinski definition) is 1. The Hall–Kier alpha value is -3.75. The highest BCUT2D eigenvalue weighted by atomic mass is 16.6. The van der Waals surface area contributed by atoms with Crippen LogP contribution in [0.1, 0.15) is 22.6 Å². The number of non-ortho nitro benzene ring substituents is 1. The van der Waals surface area contributed by atoms with Crippen LogP contribution in [-0.2, 0) is 4.79 Å². The smallest absolute Gasteiger partial charge is 0.312 e. The zero-order valence-corrected chi connectivity index (χ0v) is 13.4. The quantitative estimate of drug-likeness (QED) is 0.504. The number of ether oxygens (including phenoxy) is 1. The van der Waals surface area contributed by atoms with Crippen molar-refractivity contribution in [2.45, 2.75) is 12.8 Å². The molecule has 1 unspecified atom stereocenters. The summed E-state index contributed by atoms with van der Waals surface area (Å²) in [5, 5.41) is 32.6. The Kier molecular flexibility index (Phi) is 4.13. The molecule has 0 fully saturated rings. The molecule has 132 valence electrons. The van der Waals surface area contributed by atoms with E-state index < -0.39 is 21.5 Å². The zero-order valence-electron chi connectivity index (χ0n) is 13.4. The van der Waals surface area contributed by atoms with Crippen LogP contribution >= 0.6 is 0 Å². The lowest BCUT2D eigenvalue weighted by Gasteiger charge is -2.24. The highest BCUT2D eigenvalue weighted by Gasteiger charge is 2.35. The number of benzene rings is 2. The van der Waals surface area contributed by atoms with Crippen molar-refractivity contribution in [2.24, 2.45) is 0 Å². The monoisotopic (exact) mass is 356 g/mol. The molecule has 1 aliphatic heterocycles. The maximum atomic E-state index is 11.5. The number of nitro benzene ring substituents is 2. The van der Waals surface area contributed by atoms with E-state index in [4.69, 9.17) is 4.74 Å². The molecular weight excluding hydrogens is 344 g/mol. The van der Waals surface area contributed by atoms with Crippen molar-refractivity contribution in [3.8, 4) is 5.75 Å². The SMILES string of the molecule is Cc1cc2c(c([N+](=O)[O-])c1)OC(c1ccc([N+](=O)[O-])cc1)=C(O)C2C=O. The number of aliphatic hydroxyl groups excluding tert-OH is 1. The molecule has 0 amide bonds. The number of aliphatic hydroxyl groups is 1. The Morgan fingerprint density at radius 1 is 1.12 bits per heavy atom. The van der Waals surface area contributed by atoms with E-state index in [1.165, 1.54) is 36.4 Å². The minimum absolute atomic E-state index is 0.135. The molecule has 0 spiro atoms. The number of rotatable bonds is 4. The molecule has 2 aromatic carbocycles. The van der Waals surface area contributed by atoms with E-state index in [1.54, 1.807) is 6.92 Å². The van der Waals surface area contributed by atoms with Crippen LogP contribution in [-0.4, -0.2) is 21.2 Å². The topological polar surface area (TPSA) is 133 Å².